The number of pyridine rings is 1. The summed E-state index contributed by atoms with van der Waals surface area (Å²) >= 11 is 4.76. The summed E-state index contributed by atoms with van der Waals surface area (Å²) in [5.41, 5.74) is 3.94. The van der Waals surface area contributed by atoms with Gasteiger partial charge in [-0.3, -0.25) is 9.89 Å². The van der Waals surface area contributed by atoms with Gasteiger partial charge in [0, 0.05) is 17.3 Å². The Morgan fingerprint density at radius 2 is 2.16 bits per heavy atom. The highest BCUT2D eigenvalue weighted by atomic mass is 79.9. The summed E-state index contributed by atoms with van der Waals surface area (Å²) in [6, 6.07) is 5.68. The lowest BCUT2D eigenvalue weighted by atomic mass is 10.1. The van der Waals surface area contributed by atoms with Crippen molar-refractivity contribution in [1.29, 1.82) is 0 Å². The Morgan fingerprint density at radius 3 is 2.95 bits per heavy atom. The summed E-state index contributed by atoms with van der Waals surface area (Å²) in [4.78, 5) is 17.4. The van der Waals surface area contributed by atoms with Crippen LogP contribution >= 0.6 is 27.3 Å². The highest BCUT2D eigenvalue weighted by molar-refractivity contribution is 9.10. The van der Waals surface area contributed by atoms with Crippen molar-refractivity contribution in [2.75, 3.05) is 0 Å². The second-order valence-corrected chi connectivity index (χ2v) is 5.91. The van der Waals surface area contributed by atoms with E-state index in [1.165, 1.54) is 11.3 Å². The van der Waals surface area contributed by atoms with Crippen LogP contribution in [0.15, 0.2) is 34.4 Å². The van der Waals surface area contributed by atoms with Crippen LogP contribution in [0.5, 0.6) is 0 Å². The number of aromatic amines is 1. The Morgan fingerprint density at radius 1 is 1.26 bits per heavy atom. The molecule has 0 radical (unpaired) electrons. The molecule has 0 saturated carbocycles. The van der Waals surface area contributed by atoms with E-state index >= 15 is 0 Å². The summed E-state index contributed by atoms with van der Waals surface area (Å²) in [6.45, 7) is 0. The first-order valence-electron chi connectivity index (χ1n) is 5.58. The molecule has 1 aliphatic carbocycles. The van der Waals surface area contributed by atoms with E-state index in [1.54, 1.807) is 6.20 Å². The predicted octanol–water partition coefficient (Wildman–Crippen LogP) is 3.51. The molecule has 0 amide bonds. The van der Waals surface area contributed by atoms with E-state index in [2.05, 4.69) is 31.1 Å². The van der Waals surface area contributed by atoms with Crippen LogP contribution in [0.1, 0.15) is 15.2 Å². The molecule has 0 saturated heterocycles. The summed E-state index contributed by atoms with van der Waals surface area (Å²) in [5.74, 6) is 0.0478. The van der Waals surface area contributed by atoms with E-state index in [1.807, 2.05) is 23.6 Å². The molecule has 4 nitrogen and oxygen atoms in total. The van der Waals surface area contributed by atoms with E-state index < -0.39 is 0 Å². The average molecular weight is 332 g/mol. The predicted molar refractivity (Wildman–Crippen MR) is 76.3 cm³/mol. The first-order chi connectivity index (χ1) is 9.25. The van der Waals surface area contributed by atoms with Crippen LogP contribution in [0.3, 0.4) is 0 Å². The van der Waals surface area contributed by atoms with Crippen LogP contribution in [-0.4, -0.2) is 21.0 Å². The summed E-state index contributed by atoms with van der Waals surface area (Å²) < 4.78 is 0.758. The molecule has 0 bridgehead atoms. The topological polar surface area (TPSA) is 58.6 Å². The van der Waals surface area contributed by atoms with Crippen molar-refractivity contribution in [3.05, 3.63) is 44.8 Å². The third-order valence-corrected chi connectivity index (χ3v) is 4.52. The minimum Gasteiger partial charge on any atom is -0.287 e. The van der Waals surface area contributed by atoms with Crippen LogP contribution in [0.4, 0.5) is 0 Å². The van der Waals surface area contributed by atoms with Gasteiger partial charge in [0.05, 0.1) is 16.1 Å². The molecule has 1 N–H and O–H groups in total. The molecular weight excluding hydrogens is 326 g/mol. The summed E-state index contributed by atoms with van der Waals surface area (Å²) in [6.07, 6.45) is 1.71. The molecule has 0 aliphatic heterocycles. The first-order valence-corrected chi connectivity index (χ1v) is 7.26. The molecule has 1 aliphatic rings. The van der Waals surface area contributed by atoms with Crippen LogP contribution in [0, 0.1) is 0 Å². The second-order valence-electron chi connectivity index (χ2n) is 4.18. The van der Waals surface area contributed by atoms with Crippen molar-refractivity contribution >= 4 is 33.0 Å². The number of aromatic nitrogens is 3. The molecule has 19 heavy (non-hydrogen) atoms. The number of nitrogens with zero attached hydrogens (tertiary/aromatic N) is 2. The maximum Gasteiger partial charge on any atom is 0.208 e. The van der Waals surface area contributed by atoms with Crippen LogP contribution in [0.2, 0.25) is 0 Å². The number of hydrogen-bond donors (Lipinski definition) is 1. The maximum atomic E-state index is 12.4. The van der Waals surface area contributed by atoms with E-state index in [0.29, 0.717) is 11.3 Å². The quantitative estimate of drug-likeness (QED) is 0.543. The Kier molecular flexibility index (Phi) is 2.24. The van der Waals surface area contributed by atoms with Crippen molar-refractivity contribution in [3.8, 4) is 22.5 Å². The number of rotatable bonds is 1. The second kappa shape index (κ2) is 3.85. The van der Waals surface area contributed by atoms with Gasteiger partial charge in [0.1, 0.15) is 10.3 Å². The van der Waals surface area contributed by atoms with Crippen LogP contribution < -0.4 is 0 Å². The molecule has 3 heterocycles. The third kappa shape index (κ3) is 1.47. The zero-order valence-electron chi connectivity index (χ0n) is 9.48. The lowest BCUT2D eigenvalue weighted by Crippen LogP contribution is -1.95. The fraction of sp³-hybridized carbons (Fsp3) is 0. The number of fused-ring (bicyclic) bond motifs is 3. The molecule has 0 unspecified atom stereocenters. The van der Waals surface area contributed by atoms with E-state index in [-0.39, 0.29) is 5.78 Å². The zero-order chi connectivity index (χ0) is 13.0. The van der Waals surface area contributed by atoms with Gasteiger partial charge in [-0.2, -0.15) is 5.10 Å². The van der Waals surface area contributed by atoms with E-state index in [0.717, 1.165) is 26.3 Å². The van der Waals surface area contributed by atoms with Crippen molar-refractivity contribution < 1.29 is 4.79 Å². The molecule has 92 valence electrons. The third-order valence-electron chi connectivity index (χ3n) is 3.13. The molecule has 4 rings (SSSR count). The van der Waals surface area contributed by atoms with Gasteiger partial charge in [0.15, 0.2) is 0 Å². The van der Waals surface area contributed by atoms with Crippen molar-refractivity contribution in [2.45, 2.75) is 0 Å². The first kappa shape index (κ1) is 11.1. The van der Waals surface area contributed by atoms with Gasteiger partial charge < -0.3 is 0 Å². The molecule has 0 atom stereocenters. The Labute approximate surface area is 120 Å². The van der Waals surface area contributed by atoms with Gasteiger partial charge >= 0.3 is 0 Å². The van der Waals surface area contributed by atoms with Crippen molar-refractivity contribution in [1.82, 2.24) is 15.2 Å². The summed E-state index contributed by atoms with van der Waals surface area (Å²) in [7, 11) is 0. The van der Waals surface area contributed by atoms with Gasteiger partial charge in [-0.05, 0) is 39.5 Å². The Balaban J connectivity index is 1.94. The van der Waals surface area contributed by atoms with Gasteiger partial charge in [0.2, 0.25) is 5.78 Å². The Bertz CT molecular complexity index is 804. The smallest absolute Gasteiger partial charge is 0.208 e. The highest BCUT2D eigenvalue weighted by Crippen LogP contribution is 2.42. The average Bonchev–Trinajstić information content (AvgIpc) is 3.08. The van der Waals surface area contributed by atoms with Gasteiger partial charge in [-0.15, -0.1) is 11.3 Å². The fourth-order valence-corrected chi connectivity index (χ4v) is 3.36. The largest absolute Gasteiger partial charge is 0.287 e. The number of carbonyl (C=O) groups excluding carboxylic acids is 1. The van der Waals surface area contributed by atoms with Crippen LogP contribution in [-0.2, 0) is 0 Å². The maximum absolute atomic E-state index is 12.4. The van der Waals surface area contributed by atoms with Gasteiger partial charge in [-0.25, -0.2) is 4.98 Å². The molecular formula is C13H6BrN3OS. The van der Waals surface area contributed by atoms with Crippen molar-refractivity contribution in [3.63, 3.8) is 0 Å². The zero-order valence-corrected chi connectivity index (χ0v) is 11.9. The normalized spacial score (nSPS) is 12.6. The lowest BCUT2D eigenvalue weighted by molar-refractivity contribution is 0.104. The number of carbonyl (C=O) groups is 1. The SMILES string of the molecule is O=C1c2sccc2-c2[nH]nc(-c3ccc(Br)nc3)c21. The number of thiophene rings is 1. The molecule has 0 spiro atoms. The molecule has 3 aromatic heterocycles. The number of nitrogens with one attached hydrogen (secondary N) is 1. The van der Waals surface area contributed by atoms with E-state index in [4.69, 9.17) is 0 Å². The van der Waals surface area contributed by atoms with Gasteiger partial charge in [-0.1, -0.05) is 0 Å². The number of halogens is 1. The molecule has 3 aromatic rings. The highest BCUT2D eigenvalue weighted by Gasteiger charge is 2.33. The summed E-state index contributed by atoms with van der Waals surface area (Å²) in [5, 5.41) is 9.16. The lowest BCUT2D eigenvalue weighted by Gasteiger charge is -1.98. The van der Waals surface area contributed by atoms with Crippen molar-refractivity contribution in [2.24, 2.45) is 0 Å². The minimum absolute atomic E-state index is 0.0478. The monoisotopic (exact) mass is 331 g/mol. The minimum atomic E-state index is 0.0478. The van der Waals surface area contributed by atoms with E-state index in [9.17, 15) is 4.79 Å². The number of H-pyrrole nitrogens is 1. The Hall–Kier alpha value is -1.79. The van der Waals surface area contributed by atoms with Gasteiger partial charge in [0.25, 0.3) is 0 Å². The molecule has 0 aromatic carbocycles. The number of ketones is 1. The number of hydrogen-bond acceptors (Lipinski definition) is 4. The fourth-order valence-electron chi connectivity index (χ4n) is 2.28. The molecule has 0 fully saturated rings. The molecule has 6 heteroatoms. The van der Waals surface area contributed by atoms with Crippen LogP contribution in [0.25, 0.3) is 22.5 Å². The standard InChI is InChI=1S/C13H6BrN3OS/c14-8-2-1-6(5-15-8)10-9-11(17-16-10)7-3-4-19-13(7)12(9)18/h1-5H,(H,16,17).